The zero-order valence-electron chi connectivity index (χ0n) is 19.3. The maximum atomic E-state index is 13.3. The van der Waals surface area contributed by atoms with Crippen molar-refractivity contribution in [2.45, 2.75) is 34.2 Å². The lowest BCUT2D eigenvalue weighted by atomic mass is 9.97. The molecule has 0 aliphatic rings. The second-order valence-electron chi connectivity index (χ2n) is 8.16. The van der Waals surface area contributed by atoms with Gasteiger partial charge in [-0.05, 0) is 62.2 Å². The molecule has 1 aromatic heterocycles. The molecule has 3 aromatic carbocycles. The number of nitrogens with zero attached hydrogens (tertiary/aromatic N) is 2. The van der Waals surface area contributed by atoms with Crippen LogP contribution in [0.1, 0.15) is 47.8 Å². The second kappa shape index (κ2) is 8.87. The van der Waals surface area contributed by atoms with Crippen LogP contribution in [0.4, 0.5) is 0 Å². The van der Waals surface area contributed by atoms with Gasteiger partial charge in [-0.25, -0.2) is 4.79 Å². The number of hydrogen-bond acceptors (Lipinski definition) is 4. The predicted octanol–water partition coefficient (Wildman–Crippen LogP) is 6.20. The molecule has 0 saturated heterocycles. The van der Waals surface area contributed by atoms with Gasteiger partial charge in [-0.2, -0.15) is 0 Å². The van der Waals surface area contributed by atoms with Crippen molar-refractivity contribution < 1.29 is 14.4 Å². The van der Waals surface area contributed by atoms with Crippen LogP contribution in [0.3, 0.4) is 0 Å². The summed E-state index contributed by atoms with van der Waals surface area (Å²) in [6.45, 7) is 11.9. The van der Waals surface area contributed by atoms with Crippen molar-refractivity contribution in [1.29, 1.82) is 0 Å². The molecule has 1 heterocycles. The Kier molecular flexibility index (Phi) is 5.97. The number of carbonyl (C=O) groups is 2. The number of rotatable bonds is 6. The van der Waals surface area contributed by atoms with E-state index in [0.29, 0.717) is 22.4 Å². The first-order chi connectivity index (χ1) is 15.8. The van der Waals surface area contributed by atoms with Crippen LogP contribution in [-0.4, -0.2) is 22.0 Å². The molecule has 4 rings (SSSR count). The van der Waals surface area contributed by atoms with Gasteiger partial charge in [0.15, 0.2) is 5.78 Å². The number of carbonyl (C=O) groups excluding carboxylic acids is 2. The van der Waals surface area contributed by atoms with Crippen LogP contribution < -0.4 is 0 Å². The molecule has 0 aliphatic heterocycles. The molecule has 0 aliphatic carbocycles. The number of aryl methyl sites for hydroxylation is 2. The van der Waals surface area contributed by atoms with Crippen LogP contribution in [-0.2, 0) is 16.2 Å². The minimum Gasteiger partial charge on any atom is -0.341 e. The molecule has 5 nitrogen and oxygen atoms in total. The second-order valence-corrected chi connectivity index (χ2v) is 8.16. The van der Waals surface area contributed by atoms with Gasteiger partial charge in [-0.15, -0.1) is 0 Å². The fourth-order valence-corrected chi connectivity index (χ4v) is 4.20. The topological polar surface area (TPSA) is 60.7 Å². The van der Waals surface area contributed by atoms with Crippen molar-refractivity contribution >= 4 is 39.3 Å². The number of oxime groups is 1. The summed E-state index contributed by atoms with van der Waals surface area (Å²) in [5.74, 6) is -0.487. The summed E-state index contributed by atoms with van der Waals surface area (Å²) < 4.78 is 2.22. The number of hydrogen-bond donors (Lipinski definition) is 0. The summed E-state index contributed by atoms with van der Waals surface area (Å²) in [5.41, 5.74) is 6.41. The van der Waals surface area contributed by atoms with E-state index in [1.807, 2.05) is 74.5 Å². The predicted molar refractivity (Wildman–Crippen MR) is 133 cm³/mol. The van der Waals surface area contributed by atoms with E-state index >= 15 is 0 Å². The zero-order valence-corrected chi connectivity index (χ0v) is 19.3. The van der Waals surface area contributed by atoms with Gasteiger partial charge in [0.25, 0.3) is 0 Å². The Bertz CT molecular complexity index is 1460. The summed E-state index contributed by atoms with van der Waals surface area (Å²) in [5, 5.41) is 6.00. The number of fused-ring (bicyclic) bond motifs is 3. The smallest absolute Gasteiger partial charge is 0.332 e. The van der Waals surface area contributed by atoms with Crippen LogP contribution in [0.15, 0.2) is 78.0 Å². The van der Waals surface area contributed by atoms with E-state index in [9.17, 15) is 9.59 Å². The largest absolute Gasteiger partial charge is 0.341 e. The first-order valence-electron chi connectivity index (χ1n) is 10.9. The molecule has 5 heteroatoms. The third kappa shape index (κ3) is 4.10. The summed E-state index contributed by atoms with van der Waals surface area (Å²) in [7, 11) is 0. The van der Waals surface area contributed by atoms with Gasteiger partial charge < -0.3 is 9.40 Å². The molecule has 0 atom stereocenters. The lowest BCUT2D eigenvalue weighted by Gasteiger charge is -2.07. The molecule has 0 bridgehead atoms. The van der Waals surface area contributed by atoms with E-state index in [1.165, 1.54) is 6.92 Å². The van der Waals surface area contributed by atoms with Crippen molar-refractivity contribution in [2.75, 3.05) is 0 Å². The number of aromatic nitrogens is 1. The Morgan fingerprint density at radius 1 is 0.939 bits per heavy atom. The lowest BCUT2D eigenvalue weighted by Crippen LogP contribution is -2.05. The van der Waals surface area contributed by atoms with Crippen molar-refractivity contribution in [1.82, 2.24) is 4.57 Å². The third-order valence-electron chi connectivity index (χ3n) is 5.78. The van der Waals surface area contributed by atoms with E-state index in [2.05, 4.69) is 23.2 Å². The molecule has 0 fully saturated rings. The van der Waals surface area contributed by atoms with E-state index < -0.39 is 5.97 Å². The first kappa shape index (κ1) is 22.2. The van der Waals surface area contributed by atoms with Gasteiger partial charge in [0, 0.05) is 52.0 Å². The fraction of sp³-hybridized carbons (Fsp3) is 0.179. The SMILES string of the molecule is C=C(C)/C(=N\OC(C)=O)c1ccc2c(c1)c1cc(C(=O)c3ccccc3C)ccc1n2CC. The molecular weight excluding hydrogens is 412 g/mol. The summed E-state index contributed by atoms with van der Waals surface area (Å²) in [4.78, 5) is 29.4. The molecule has 0 saturated carbocycles. The summed E-state index contributed by atoms with van der Waals surface area (Å²) in [6, 6.07) is 19.5. The molecule has 0 amide bonds. The lowest BCUT2D eigenvalue weighted by molar-refractivity contribution is -0.140. The van der Waals surface area contributed by atoms with Crippen LogP contribution in [0, 0.1) is 6.92 Å². The van der Waals surface area contributed by atoms with Crippen molar-refractivity contribution in [3.8, 4) is 0 Å². The monoisotopic (exact) mass is 438 g/mol. The van der Waals surface area contributed by atoms with E-state index in [4.69, 9.17) is 4.84 Å². The molecule has 0 N–H and O–H groups in total. The number of allylic oxidation sites excluding steroid dienone is 1. The molecule has 0 unspecified atom stereocenters. The minimum absolute atomic E-state index is 0.00241. The van der Waals surface area contributed by atoms with Gasteiger partial charge in [0.1, 0.15) is 5.71 Å². The Balaban J connectivity index is 1.92. The van der Waals surface area contributed by atoms with Gasteiger partial charge >= 0.3 is 5.97 Å². The third-order valence-corrected chi connectivity index (χ3v) is 5.78. The van der Waals surface area contributed by atoms with Crippen LogP contribution in [0.25, 0.3) is 21.8 Å². The highest BCUT2D eigenvalue weighted by molar-refractivity contribution is 6.18. The highest BCUT2D eigenvalue weighted by atomic mass is 16.7. The maximum absolute atomic E-state index is 13.3. The molecule has 0 spiro atoms. The fourth-order valence-electron chi connectivity index (χ4n) is 4.20. The zero-order chi connectivity index (χ0) is 23.7. The number of ketones is 1. The number of benzene rings is 3. The summed E-state index contributed by atoms with van der Waals surface area (Å²) in [6.07, 6.45) is 0. The van der Waals surface area contributed by atoms with Gasteiger partial charge in [-0.3, -0.25) is 4.79 Å². The Morgan fingerprint density at radius 3 is 2.12 bits per heavy atom. The Labute approximate surface area is 193 Å². The standard InChI is InChI=1S/C28H26N2O3/c1-6-30-25-13-11-20(27(17(2)3)29-33-19(5)31)15-23(25)24-16-21(12-14-26(24)30)28(32)22-10-8-7-9-18(22)4/h7-16H,2,6H2,1,3-5H3/b29-27+. The van der Waals surface area contributed by atoms with Crippen LogP contribution in [0.5, 0.6) is 0 Å². The van der Waals surface area contributed by atoms with E-state index in [0.717, 1.165) is 39.5 Å². The minimum atomic E-state index is -0.489. The van der Waals surface area contributed by atoms with Crippen LogP contribution in [0.2, 0.25) is 0 Å². The Morgan fingerprint density at radius 2 is 1.55 bits per heavy atom. The van der Waals surface area contributed by atoms with Gasteiger partial charge in [-0.1, -0.05) is 42.1 Å². The van der Waals surface area contributed by atoms with E-state index in [1.54, 1.807) is 0 Å². The summed E-state index contributed by atoms with van der Waals surface area (Å²) >= 11 is 0. The average Bonchev–Trinajstić information content (AvgIpc) is 3.11. The van der Waals surface area contributed by atoms with E-state index in [-0.39, 0.29) is 5.78 Å². The maximum Gasteiger partial charge on any atom is 0.332 e. The average molecular weight is 439 g/mol. The molecule has 4 aromatic rings. The van der Waals surface area contributed by atoms with Gasteiger partial charge in [0.05, 0.1) is 0 Å². The normalized spacial score (nSPS) is 11.7. The van der Waals surface area contributed by atoms with Crippen molar-refractivity contribution in [3.63, 3.8) is 0 Å². The van der Waals surface area contributed by atoms with Crippen molar-refractivity contribution in [2.24, 2.45) is 5.16 Å². The molecule has 33 heavy (non-hydrogen) atoms. The molecular formula is C28H26N2O3. The molecule has 0 radical (unpaired) electrons. The Hall–Kier alpha value is -3.99. The first-order valence-corrected chi connectivity index (χ1v) is 10.9. The highest BCUT2D eigenvalue weighted by Crippen LogP contribution is 2.32. The molecule has 166 valence electrons. The quantitative estimate of drug-likeness (QED) is 0.156. The van der Waals surface area contributed by atoms with Gasteiger partial charge in [0.2, 0.25) is 0 Å². The highest BCUT2D eigenvalue weighted by Gasteiger charge is 2.17. The van der Waals surface area contributed by atoms with Crippen molar-refractivity contribution in [3.05, 3.63) is 95.1 Å². The van der Waals surface area contributed by atoms with Crippen LogP contribution >= 0.6 is 0 Å².